The largest absolute Gasteiger partial charge is 0.329 e. The number of imidazole rings is 1. The summed E-state index contributed by atoms with van der Waals surface area (Å²) in [5.41, 5.74) is 2.68. The van der Waals surface area contributed by atoms with Gasteiger partial charge in [-0.15, -0.1) is 0 Å². The first-order valence-corrected chi connectivity index (χ1v) is 6.38. The van der Waals surface area contributed by atoms with Crippen LogP contribution in [-0.4, -0.2) is 14.5 Å². The maximum atomic E-state index is 14.0. The third-order valence-electron chi connectivity index (χ3n) is 2.94. The Morgan fingerprint density at radius 1 is 1.37 bits per heavy atom. The van der Waals surface area contributed by atoms with Gasteiger partial charge in [0.1, 0.15) is 5.82 Å². The van der Waals surface area contributed by atoms with Crippen molar-refractivity contribution in [3.8, 4) is 5.69 Å². The lowest BCUT2D eigenvalue weighted by molar-refractivity contribution is 0.618. The smallest absolute Gasteiger partial charge is 0.184 e. The van der Waals surface area contributed by atoms with Crippen molar-refractivity contribution in [1.82, 2.24) is 14.5 Å². The molecule has 1 N–H and O–H groups in total. The summed E-state index contributed by atoms with van der Waals surface area (Å²) in [6.45, 7) is 1.94. The summed E-state index contributed by atoms with van der Waals surface area (Å²) in [7, 11) is 0. The molecule has 0 amide bonds. The fourth-order valence-corrected chi connectivity index (χ4v) is 2.46. The number of aryl methyl sites for hydroxylation is 1. The molecule has 0 fully saturated rings. The van der Waals surface area contributed by atoms with Crippen LogP contribution in [0.1, 0.15) is 5.56 Å². The molecule has 0 radical (unpaired) electrons. The average Bonchev–Trinajstić information content (AvgIpc) is 2.70. The summed E-state index contributed by atoms with van der Waals surface area (Å²) in [4.78, 5) is 7.31. The van der Waals surface area contributed by atoms with Crippen LogP contribution >= 0.6 is 23.8 Å². The molecule has 0 aliphatic carbocycles. The zero-order chi connectivity index (χ0) is 13.6. The first kappa shape index (κ1) is 12.3. The average molecular weight is 294 g/mol. The van der Waals surface area contributed by atoms with E-state index in [1.807, 2.05) is 13.0 Å². The Bertz CT molecular complexity index is 838. The number of aromatic nitrogens is 3. The molecule has 96 valence electrons. The lowest BCUT2D eigenvalue weighted by Crippen LogP contribution is -1.99. The lowest BCUT2D eigenvalue weighted by Gasteiger charge is -2.06. The number of hydrogen-bond acceptors (Lipinski definition) is 2. The van der Waals surface area contributed by atoms with Crippen LogP contribution in [0.4, 0.5) is 4.39 Å². The third-order valence-corrected chi connectivity index (χ3v) is 3.45. The Morgan fingerprint density at radius 3 is 2.95 bits per heavy atom. The molecule has 0 bridgehead atoms. The lowest BCUT2D eigenvalue weighted by atomic mass is 10.2. The highest BCUT2D eigenvalue weighted by atomic mass is 35.5. The minimum absolute atomic E-state index is 0.293. The molecular weight excluding hydrogens is 285 g/mol. The van der Waals surface area contributed by atoms with Crippen LogP contribution in [0.2, 0.25) is 5.02 Å². The molecule has 3 nitrogen and oxygen atoms in total. The number of aromatic amines is 1. The third kappa shape index (κ3) is 1.95. The molecule has 0 aliphatic rings. The van der Waals surface area contributed by atoms with E-state index in [2.05, 4.69) is 9.97 Å². The van der Waals surface area contributed by atoms with Crippen LogP contribution in [0.15, 0.2) is 30.5 Å². The van der Waals surface area contributed by atoms with E-state index in [-0.39, 0.29) is 0 Å². The number of fused-ring (bicyclic) bond motifs is 1. The van der Waals surface area contributed by atoms with E-state index in [1.165, 1.54) is 18.2 Å². The van der Waals surface area contributed by atoms with Gasteiger partial charge in [0, 0.05) is 11.2 Å². The second-order valence-corrected chi connectivity index (χ2v) is 5.01. The highest BCUT2D eigenvalue weighted by Gasteiger charge is 2.13. The van der Waals surface area contributed by atoms with Gasteiger partial charge >= 0.3 is 0 Å². The fourth-order valence-electron chi connectivity index (χ4n) is 2.01. The number of benzene rings is 1. The molecule has 3 rings (SSSR count). The number of nitrogens with one attached hydrogen (secondary N) is 1. The monoisotopic (exact) mass is 293 g/mol. The van der Waals surface area contributed by atoms with Crippen LogP contribution in [0.25, 0.3) is 16.9 Å². The summed E-state index contributed by atoms with van der Waals surface area (Å²) in [5.74, 6) is -0.398. The van der Waals surface area contributed by atoms with Gasteiger partial charge in [-0.05, 0) is 49.0 Å². The van der Waals surface area contributed by atoms with Crippen molar-refractivity contribution >= 4 is 35.0 Å². The van der Waals surface area contributed by atoms with Crippen molar-refractivity contribution < 1.29 is 4.39 Å². The highest BCUT2D eigenvalue weighted by Crippen LogP contribution is 2.24. The molecule has 0 saturated heterocycles. The molecule has 0 spiro atoms. The van der Waals surface area contributed by atoms with E-state index in [0.717, 1.165) is 11.1 Å². The van der Waals surface area contributed by atoms with Crippen LogP contribution in [0, 0.1) is 17.5 Å². The molecule has 0 unspecified atom stereocenters. The van der Waals surface area contributed by atoms with Gasteiger partial charge in [0.25, 0.3) is 0 Å². The number of H-pyrrole nitrogens is 1. The van der Waals surface area contributed by atoms with Gasteiger partial charge in [0.2, 0.25) is 0 Å². The van der Waals surface area contributed by atoms with E-state index >= 15 is 0 Å². The van der Waals surface area contributed by atoms with E-state index in [0.29, 0.717) is 21.1 Å². The highest BCUT2D eigenvalue weighted by molar-refractivity contribution is 7.71. The summed E-state index contributed by atoms with van der Waals surface area (Å²) in [6, 6.07) is 6.21. The zero-order valence-electron chi connectivity index (χ0n) is 9.95. The summed E-state index contributed by atoms with van der Waals surface area (Å²) >= 11 is 11.2. The van der Waals surface area contributed by atoms with Crippen molar-refractivity contribution in [3.05, 3.63) is 51.6 Å². The summed E-state index contributed by atoms with van der Waals surface area (Å²) in [5, 5.41) is 0.445. The standard InChI is InChI=1S/C13H9ClFN3S/c1-7-4-5-16-12-11(7)17-13(19)18(12)10-6-8(14)2-3-9(10)15/h2-6H,1H3,(H,17,19). The Balaban J connectivity index is 2.43. The van der Waals surface area contributed by atoms with E-state index < -0.39 is 5.82 Å². The molecule has 0 saturated carbocycles. The van der Waals surface area contributed by atoms with Gasteiger partial charge in [-0.3, -0.25) is 4.57 Å². The second-order valence-electron chi connectivity index (χ2n) is 4.19. The minimum atomic E-state index is -0.398. The molecule has 0 atom stereocenters. The van der Waals surface area contributed by atoms with Gasteiger partial charge in [-0.2, -0.15) is 0 Å². The molecule has 2 heterocycles. The van der Waals surface area contributed by atoms with E-state index in [9.17, 15) is 4.39 Å². The number of halogens is 2. The minimum Gasteiger partial charge on any atom is -0.329 e. The SMILES string of the molecule is Cc1ccnc2c1[nH]c(=S)n2-c1cc(Cl)ccc1F. The first-order valence-electron chi connectivity index (χ1n) is 5.59. The predicted molar refractivity (Wildman–Crippen MR) is 76.0 cm³/mol. The van der Waals surface area contributed by atoms with Gasteiger partial charge in [0.15, 0.2) is 10.4 Å². The quantitative estimate of drug-likeness (QED) is 0.683. The van der Waals surface area contributed by atoms with Crippen molar-refractivity contribution in [2.24, 2.45) is 0 Å². The Morgan fingerprint density at radius 2 is 2.16 bits per heavy atom. The van der Waals surface area contributed by atoms with E-state index in [4.69, 9.17) is 23.8 Å². The van der Waals surface area contributed by atoms with E-state index in [1.54, 1.807) is 10.8 Å². The topological polar surface area (TPSA) is 33.6 Å². The van der Waals surface area contributed by atoms with Crippen LogP contribution in [0.5, 0.6) is 0 Å². The molecule has 1 aromatic carbocycles. The fraction of sp³-hybridized carbons (Fsp3) is 0.0769. The Kier molecular flexibility index (Phi) is 2.88. The van der Waals surface area contributed by atoms with Crippen LogP contribution in [0.3, 0.4) is 0 Å². The maximum Gasteiger partial charge on any atom is 0.184 e. The first-order chi connectivity index (χ1) is 9.08. The normalized spacial score (nSPS) is 11.1. The number of nitrogens with zero attached hydrogens (tertiary/aromatic N) is 2. The Hall–Kier alpha value is -1.72. The molecule has 2 aromatic heterocycles. The number of hydrogen-bond donors (Lipinski definition) is 1. The van der Waals surface area contributed by atoms with Crippen molar-refractivity contribution in [2.75, 3.05) is 0 Å². The van der Waals surface area contributed by atoms with Crippen LogP contribution < -0.4 is 0 Å². The molecule has 3 aromatic rings. The van der Waals surface area contributed by atoms with Crippen molar-refractivity contribution in [2.45, 2.75) is 6.92 Å². The number of pyridine rings is 1. The predicted octanol–water partition coefficient (Wildman–Crippen LogP) is 4.18. The van der Waals surface area contributed by atoms with Gasteiger partial charge in [-0.25, -0.2) is 9.37 Å². The van der Waals surface area contributed by atoms with Crippen molar-refractivity contribution in [3.63, 3.8) is 0 Å². The molecule has 19 heavy (non-hydrogen) atoms. The molecular formula is C13H9ClFN3S. The molecule has 0 aliphatic heterocycles. The summed E-state index contributed by atoms with van der Waals surface area (Å²) in [6.07, 6.45) is 1.67. The van der Waals surface area contributed by atoms with Crippen molar-refractivity contribution in [1.29, 1.82) is 0 Å². The maximum absolute atomic E-state index is 14.0. The molecule has 6 heteroatoms. The van der Waals surface area contributed by atoms with Gasteiger partial charge < -0.3 is 4.98 Å². The summed E-state index contributed by atoms with van der Waals surface area (Å²) < 4.78 is 15.9. The second kappa shape index (κ2) is 4.43. The zero-order valence-corrected chi connectivity index (χ0v) is 11.5. The van der Waals surface area contributed by atoms with Crippen LogP contribution in [-0.2, 0) is 0 Å². The van der Waals surface area contributed by atoms with Gasteiger partial charge in [-0.1, -0.05) is 11.6 Å². The Labute approximate surface area is 118 Å². The van der Waals surface area contributed by atoms with Gasteiger partial charge in [0.05, 0.1) is 11.2 Å². The number of rotatable bonds is 1.